The summed E-state index contributed by atoms with van der Waals surface area (Å²) in [6.07, 6.45) is 4.19. The number of nitro groups is 1. The molecule has 1 aliphatic rings. The van der Waals surface area contributed by atoms with Gasteiger partial charge in [-0.1, -0.05) is 24.4 Å². The van der Waals surface area contributed by atoms with Gasteiger partial charge in [0.15, 0.2) is 5.69 Å². The van der Waals surface area contributed by atoms with Crippen LogP contribution in [0, 0.1) is 10.1 Å². The maximum atomic E-state index is 11.0. The van der Waals surface area contributed by atoms with Gasteiger partial charge in [-0.3, -0.25) is 10.1 Å². The SMILES string of the molecule is COCc1nn(C2CCCC2)c(Cl)c1[N+](=O)[O-]. The van der Waals surface area contributed by atoms with Crippen LogP contribution in [0.4, 0.5) is 5.69 Å². The first-order valence-electron chi connectivity index (χ1n) is 5.55. The molecule has 17 heavy (non-hydrogen) atoms. The average Bonchev–Trinajstić information content (AvgIpc) is 2.86. The number of ether oxygens (including phenoxy) is 1. The smallest absolute Gasteiger partial charge is 0.331 e. The Morgan fingerprint density at radius 2 is 2.24 bits per heavy atom. The van der Waals surface area contributed by atoms with E-state index in [1.54, 1.807) is 4.68 Å². The second kappa shape index (κ2) is 5.01. The van der Waals surface area contributed by atoms with Crippen molar-refractivity contribution >= 4 is 17.3 Å². The molecule has 0 N–H and O–H groups in total. The largest absolute Gasteiger partial charge is 0.378 e. The van der Waals surface area contributed by atoms with Gasteiger partial charge in [-0.05, 0) is 12.8 Å². The maximum absolute atomic E-state index is 11.0. The summed E-state index contributed by atoms with van der Waals surface area (Å²) in [5, 5.41) is 15.3. The fourth-order valence-corrected chi connectivity index (χ4v) is 2.61. The van der Waals surface area contributed by atoms with Crippen molar-refractivity contribution in [2.45, 2.75) is 38.3 Å². The summed E-state index contributed by atoms with van der Waals surface area (Å²) in [5.74, 6) is 0. The van der Waals surface area contributed by atoms with E-state index < -0.39 is 4.92 Å². The molecule has 0 aliphatic heterocycles. The van der Waals surface area contributed by atoms with Crippen molar-refractivity contribution in [1.29, 1.82) is 0 Å². The zero-order valence-electron chi connectivity index (χ0n) is 9.56. The number of hydrogen-bond donors (Lipinski definition) is 0. The van der Waals surface area contributed by atoms with Crippen LogP contribution in [0.3, 0.4) is 0 Å². The van der Waals surface area contributed by atoms with Crippen molar-refractivity contribution in [2.75, 3.05) is 7.11 Å². The Hall–Kier alpha value is -1.14. The Morgan fingerprint density at radius 3 is 2.76 bits per heavy atom. The van der Waals surface area contributed by atoms with E-state index in [0.717, 1.165) is 25.7 Å². The molecule has 2 rings (SSSR count). The van der Waals surface area contributed by atoms with Gasteiger partial charge < -0.3 is 4.74 Å². The predicted molar refractivity (Wildman–Crippen MR) is 62.1 cm³/mol. The summed E-state index contributed by atoms with van der Waals surface area (Å²) in [4.78, 5) is 10.5. The molecule has 0 bridgehead atoms. The summed E-state index contributed by atoms with van der Waals surface area (Å²) < 4.78 is 6.50. The first kappa shape index (κ1) is 12.3. The van der Waals surface area contributed by atoms with E-state index in [2.05, 4.69) is 5.10 Å². The molecular weight excluding hydrogens is 246 g/mol. The molecule has 0 radical (unpaired) electrons. The molecule has 0 unspecified atom stereocenters. The van der Waals surface area contributed by atoms with E-state index in [4.69, 9.17) is 16.3 Å². The van der Waals surface area contributed by atoms with Gasteiger partial charge >= 0.3 is 5.69 Å². The monoisotopic (exact) mass is 259 g/mol. The van der Waals surface area contributed by atoms with Crippen LogP contribution >= 0.6 is 11.6 Å². The van der Waals surface area contributed by atoms with Crippen LogP contribution in [0.5, 0.6) is 0 Å². The number of rotatable bonds is 4. The van der Waals surface area contributed by atoms with E-state index in [9.17, 15) is 10.1 Å². The average molecular weight is 260 g/mol. The third-order valence-corrected chi connectivity index (χ3v) is 3.38. The van der Waals surface area contributed by atoms with Crippen LogP contribution in [-0.2, 0) is 11.3 Å². The fourth-order valence-electron chi connectivity index (χ4n) is 2.25. The molecular formula is C10H14ClN3O3. The highest BCUT2D eigenvalue weighted by atomic mass is 35.5. The molecule has 1 aromatic heterocycles. The first-order valence-corrected chi connectivity index (χ1v) is 5.93. The van der Waals surface area contributed by atoms with Crippen LogP contribution in [0.1, 0.15) is 37.4 Å². The lowest BCUT2D eigenvalue weighted by molar-refractivity contribution is -0.385. The van der Waals surface area contributed by atoms with Crippen molar-refractivity contribution in [3.63, 3.8) is 0 Å². The summed E-state index contributed by atoms with van der Waals surface area (Å²) >= 11 is 6.04. The van der Waals surface area contributed by atoms with Crippen molar-refractivity contribution in [2.24, 2.45) is 0 Å². The molecule has 1 fully saturated rings. The molecule has 1 heterocycles. The van der Waals surface area contributed by atoms with Gasteiger partial charge in [-0.15, -0.1) is 0 Å². The first-order chi connectivity index (χ1) is 8.15. The van der Waals surface area contributed by atoms with Crippen LogP contribution in [0.15, 0.2) is 0 Å². The molecule has 0 spiro atoms. The number of nitrogens with zero attached hydrogens (tertiary/aromatic N) is 3. The summed E-state index contributed by atoms with van der Waals surface area (Å²) in [6, 6.07) is 0.187. The molecule has 0 aromatic carbocycles. The fraction of sp³-hybridized carbons (Fsp3) is 0.700. The third-order valence-electron chi connectivity index (χ3n) is 3.03. The Morgan fingerprint density at radius 1 is 1.59 bits per heavy atom. The molecule has 0 saturated heterocycles. The molecule has 94 valence electrons. The van der Waals surface area contributed by atoms with E-state index in [-0.39, 0.29) is 23.5 Å². The molecule has 6 nitrogen and oxygen atoms in total. The highest BCUT2D eigenvalue weighted by Gasteiger charge is 2.30. The Balaban J connectivity index is 2.39. The maximum Gasteiger partial charge on any atom is 0.331 e. The Labute approximate surface area is 104 Å². The van der Waals surface area contributed by atoms with E-state index in [1.807, 2.05) is 0 Å². The van der Waals surface area contributed by atoms with Crippen molar-refractivity contribution in [1.82, 2.24) is 9.78 Å². The minimum Gasteiger partial charge on any atom is -0.378 e. The van der Waals surface area contributed by atoms with Gasteiger partial charge in [-0.2, -0.15) is 5.10 Å². The number of methoxy groups -OCH3 is 1. The van der Waals surface area contributed by atoms with E-state index >= 15 is 0 Å². The zero-order valence-corrected chi connectivity index (χ0v) is 10.3. The normalized spacial score (nSPS) is 16.6. The standard InChI is InChI=1S/C10H14ClN3O3/c1-17-6-8-9(14(15)16)10(11)13(12-8)7-4-2-3-5-7/h7H,2-6H2,1H3. The summed E-state index contributed by atoms with van der Waals surface area (Å²) in [6.45, 7) is 0.107. The third kappa shape index (κ3) is 2.28. The molecule has 0 atom stereocenters. The van der Waals surface area contributed by atoms with Gasteiger partial charge in [0.2, 0.25) is 5.15 Å². The van der Waals surface area contributed by atoms with Crippen molar-refractivity contribution in [3.8, 4) is 0 Å². The van der Waals surface area contributed by atoms with Crippen LogP contribution < -0.4 is 0 Å². The van der Waals surface area contributed by atoms with Crippen LogP contribution in [0.25, 0.3) is 0 Å². The van der Waals surface area contributed by atoms with E-state index in [1.165, 1.54) is 7.11 Å². The van der Waals surface area contributed by atoms with Gasteiger partial charge in [0.25, 0.3) is 0 Å². The van der Waals surface area contributed by atoms with Gasteiger partial charge in [0.05, 0.1) is 17.6 Å². The van der Waals surface area contributed by atoms with Gasteiger partial charge in [0, 0.05) is 7.11 Å². The van der Waals surface area contributed by atoms with Crippen LogP contribution in [0.2, 0.25) is 5.15 Å². The lowest BCUT2D eigenvalue weighted by Crippen LogP contribution is -2.07. The minimum absolute atomic E-state index is 0.107. The Bertz CT molecular complexity index is 427. The number of hydrogen-bond acceptors (Lipinski definition) is 4. The molecule has 0 amide bonds. The van der Waals surface area contributed by atoms with Gasteiger partial charge in [0.1, 0.15) is 0 Å². The minimum atomic E-state index is -0.491. The zero-order chi connectivity index (χ0) is 12.4. The lowest BCUT2D eigenvalue weighted by atomic mass is 10.3. The molecule has 1 aliphatic carbocycles. The summed E-state index contributed by atoms with van der Waals surface area (Å²) in [7, 11) is 1.48. The van der Waals surface area contributed by atoms with Crippen molar-refractivity contribution in [3.05, 3.63) is 21.0 Å². The van der Waals surface area contributed by atoms with E-state index in [0.29, 0.717) is 5.69 Å². The highest BCUT2D eigenvalue weighted by molar-refractivity contribution is 6.31. The molecule has 1 saturated carbocycles. The summed E-state index contributed by atoms with van der Waals surface area (Å²) in [5.41, 5.74) is 0.176. The second-order valence-corrected chi connectivity index (χ2v) is 4.52. The van der Waals surface area contributed by atoms with Crippen molar-refractivity contribution < 1.29 is 9.66 Å². The highest BCUT2D eigenvalue weighted by Crippen LogP contribution is 2.36. The Kier molecular flexibility index (Phi) is 3.63. The molecule has 1 aromatic rings. The number of aromatic nitrogens is 2. The number of halogens is 1. The predicted octanol–water partition coefficient (Wildman–Crippen LogP) is 2.71. The molecule has 7 heteroatoms. The lowest BCUT2D eigenvalue weighted by Gasteiger charge is -2.09. The van der Waals surface area contributed by atoms with Gasteiger partial charge in [-0.25, -0.2) is 4.68 Å². The van der Waals surface area contributed by atoms with Crippen LogP contribution in [-0.4, -0.2) is 21.8 Å². The quantitative estimate of drug-likeness (QED) is 0.616. The second-order valence-electron chi connectivity index (χ2n) is 4.16. The topological polar surface area (TPSA) is 70.2 Å².